The van der Waals surface area contributed by atoms with Gasteiger partial charge in [-0.25, -0.2) is 0 Å². The van der Waals surface area contributed by atoms with Gasteiger partial charge in [-0.05, 0) is 50.8 Å². The molecule has 0 bridgehead atoms. The largest absolute Gasteiger partial charge is 0.545 e. The molecular weight excluding hydrogens is 280 g/mol. The van der Waals surface area contributed by atoms with E-state index in [0.717, 1.165) is 0 Å². The molecule has 0 fully saturated rings. The molecule has 3 nitrogen and oxygen atoms in total. The average molecular weight is 299 g/mol. The summed E-state index contributed by atoms with van der Waals surface area (Å²) in [4.78, 5) is 11.7. The van der Waals surface area contributed by atoms with Gasteiger partial charge in [-0.3, -0.25) is 4.79 Å². The van der Waals surface area contributed by atoms with Crippen molar-refractivity contribution >= 4 is 25.7 Å². The average Bonchev–Trinajstić information content (AvgIpc) is 2.25. The standard InChI is InChI=1S/C14H19ClO3Si/c1-10(16)14(11(2)18-19(3,4)5)17-13-8-6-12(15)7-9-13/h6-9H,1-5H3/b14-11+. The molecule has 0 atom stereocenters. The highest BCUT2D eigenvalue weighted by atomic mass is 35.5. The molecule has 0 aromatic heterocycles. The molecule has 0 heterocycles. The van der Waals surface area contributed by atoms with Crippen molar-refractivity contribution in [1.29, 1.82) is 0 Å². The number of hydrogen-bond donors (Lipinski definition) is 0. The molecule has 0 amide bonds. The number of allylic oxidation sites excluding steroid dienone is 2. The molecule has 1 aromatic rings. The number of ketones is 1. The van der Waals surface area contributed by atoms with Crippen LogP contribution in [0.3, 0.4) is 0 Å². The molecule has 19 heavy (non-hydrogen) atoms. The lowest BCUT2D eigenvalue weighted by Crippen LogP contribution is -2.26. The molecule has 1 rings (SSSR count). The van der Waals surface area contributed by atoms with Crippen LogP contribution in [0.25, 0.3) is 0 Å². The molecule has 0 aliphatic heterocycles. The number of hydrogen-bond acceptors (Lipinski definition) is 3. The van der Waals surface area contributed by atoms with Crippen molar-refractivity contribution in [2.24, 2.45) is 0 Å². The van der Waals surface area contributed by atoms with Crippen molar-refractivity contribution in [3.63, 3.8) is 0 Å². The Morgan fingerprint density at radius 2 is 1.63 bits per heavy atom. The van der Waals surface area contributed by atoms with Crippen molar-refractivity contribution < 1.29 is 14.0 Å². The Balaban J connectivity index is 2.98. The third kappa shape index (κ3) is 5.49. The second-order valence-electron chi connectivity index (χ2n) is 5.21. The topological polar surface area (TPSA) is 35.5 Å². The molecule has 1 aromatic carbocycles. The van der Waals surface area contributed by atoms with E-state index in [9.17, 15) is 4.79 Å². The minimum absolute atomic E-state index is 0.161. The SMILES string of the molecule is CC(=O)/C(Oc1ccc(Cl)cc1)=C(/C)O[Si](C)(C)C. The Labute approximate surface area is 120 Å². The molecule has 0 spiro atoms. The van der Waals surface area contributed by atoms with Crippen molar-refractivity contribution in [3.05, 3.63) is 40.8 Å². The van der Waals surface area contributed by atoms with E-state index in [4.69, 9.17) is 20.8 Å². The van der Waals surface area contributed by atoms with Crippen LogP contribution in [0, 0.1) is 0 Å². The number of carbonyl (C=O) groups excluding carboxylic acids is 1. The Morgan fingerprint density at radius 1 is 1.11 bits per heavy atom. The Kier molecular flexibility index (Phi) is 5.20. The number of Topliss-reactive ketones (excluding diaryl/α,β-unsaturated/α-hetero) is 1. The molecule has 0 unspecified atom stereocenters. The first kappa shape index (κ1) is 15.8. The van der Waals surface area contributed by atoms with Crippen molar-refractivity contribution in [1.82, 2.24) is 0 Å². The Morgan fingerprint density at radius 3 is 2.05 bits per heavy atom. The van der Waals surface area contributed by atoms with Gasteiger partial charge in [0, 0.05) is 11.9 Å². The zero-order valence-electron chi connectivity index (χ0n) is 11.9. The summed E-state index contributed by atoms with van der Waals surface area (Å²) in [5.74, 6) is 1.17. The second kappa shape index (κ2) is 6.26. The fourth-order valence-corrected chi connectivity index (χ4v) is 2.65. The molecule has 0 aliphatic rings. The molecule has 0 radical (unpaired) electrons. The van der Waals surface area contributed by atoms with Crippen LogP contribution in [0.1, 0.15) is 13.8 Å². The van der Waals surface area contributed by atoms with Gasteiger partial charge in [-0.15, -0.1) is 0 Å². The third-order valence-electron chi connectivity index (χ3n) is 2.13. The summed E-state index contributed by atoms with van der Waals surface area (Å²) < 4.78 is 11.4. The van der Waals surface area contributed by atoms with Gasteiger partial charge in [-0.1, -0.05) is 11.6 Å². The Bertz CT molecular complexity index is 486. The van der Waals surface area contributed by atoms with E-state index in [1.165, 1.54) is 6.92 Å². The summed E-state index contributed by atoms with van der Waals surface area (Å²) in [7, 11) is -1.77. The van der Waals surface area contributed by atoms with Crippen molar-refractivity contribution in [3.8, 4) is 5.75 Å². The second-order valence-corrected chi connectivity index (χ2v) is 10.1. The quantitative estimate of drug-likeness (QED) is 0.459. The number of rotatable bonds is 5. The minimum Gasteiger partial charge on any atom is -0.545 e. The first-order chi connectivity index (χ1) is 8.69. The summed E-state index contributed by atoms with van der Waals surface area (Å²) in [6.45, 7) is 9.37. The fourth-order valence-electron chi connectivity index (χ4n) is 1.52. The van der Waals surface area contributed by atoms with Gasteiger partial charge in [-0.2, -0.15) is 0 Å². The van der Waals surface area contributed by atoms with E-state index in [1.807, 2.05) is 0 Å². The molecule has 104 valence electrons. The maximum absolute atomic E-state index is 11.7. The smallest absolute Gasteiger partial charge is 0.241 e. The highest BCUT2D eigenvalue weighted by molar-refractivity contribution is 6.70. The number of carbonyl (C=O) groups is 1. The first-order valence-corrected chi connectivity index (χ1v) is 9.82. The summed E-state index contributed by atoms with van der Waals surface area (Å²) in [5, 5.41) is 0.621. The van der Waals surface area contributed by atoms with Gasteiger partial charge >= 0.3 is 0 Å². The predicted molar refractivity (Wildman–Crippen MR) is 79.9 cm³/mol. The highest BCUT2D eigenvalue weighted by Gasteiger charge is 2.20. The maximum Gasteiger partial charge on any atom is 0.241 e. The van der Waals surface area contributed by atoms with Crippen molar-refractivity contribution in [2.75, 3.05) is 0 Å². The minimum atomic E-state index is -1.77. The number of ether oxygens (including phenoxy) is 1. The van der Waals surface area contributed by atoms with Crippen LogP contribution in [-0.4, -0.2) is 14.1 Å². The van der Waals surface area contributed by atoms with Gasteiger partial charge in [0.2, 0.25) is 14.1 Å². The number of benzene rings is 1. The van der Waals surface area contributed by atoms with E-state index in [2.05, 4.69) is 19.6 Å². The molecule has 0 N–H and O–H groups in total. The van der Waals surface area contributed by atoms with Crippen LogP contribution >= 0.6 is 11.6 Å². The van der Waals surface area contributed by atoms with Crippen LogP contribution in [-0.2, 0) is 9.22 Å². The summed E-state index contributed by atoms with van der Waals surface area (Å²) >= 11 is 5.81. The van der Waals surface area contributed by atoms with Crippen LogP contribution in [0.5, 0.6) is 5.75 Å². The molecule has 5 heteroatoms. The fraction of sp³-hybridized carbons (Fsp3) is 0.357. The summed E-state index contributed by atoms with van der Waals surface area (Å²) in [5.41, 5.74) is 0. The zero-order chi connectivity index (χ0) is 14.6. The highest BCUT2D eigenvalue weighted by Crippen LogP contribution is 2.21. The van der Waals surface area contributed by atoms with Crippen LogP contribution < -0.4 is 4.74 Å². The summed E-state index contributed by atoms with van der Waals surface area (Å²) in [6.07, 6.45) is 0. The molecular formula is C14H19ClO3Si. The van der Waals surface area contributed by atoms with Gasteiger partial charge in [0.1, 0.15) is 11.5 Å². The molecule has 0 saturated carbocycles. The maximum atomic E-state index is 11.7. The zero-order valence-corrected chi connectivity index (χ0v) is 13.7. The van der Waals surface area contributed by atoms with Gasteiger partial charge in [0.05, 0.1) is 0 Å². The van der Waals surface area contributed by atoms with E-state index >= 15 is 0 Å². The van der Waals surface area contributed by atoms with Gasteiger partial charge < -0.3 is 9.16 Å². The van der Waals surface area contributed by atoms with E-state index in [-0.39, 0.29) is 11.5 Å². The van der Waals surface area contributed by atoms with E-state index in [0.29, 0.717) is 16.5 Å². The van der Waals surface area contributed by atoms with E-state index in [1.54, 1.807) is 31.2 Å². The predicted octanol–water partition coefficient (Wildman–Crippen LogP) is 4.39. The van der Waals surface area contributed by atoms with Gasteiger partial charge in [0.25, 0.3) is 0 Å². The summed E-state index contributed by atoms with van der Waals surface area (Å²) in [6, 6.07) is 6.85. The first-order valence-electron chi connectivity index (χ1n) is 6.03. The van der Waals surface area contributed by atoms with Crippen molar-refractivity contribution in [2.45, 2.75) is 33.5 Å². The lowest BCUT2D eigenvalue weighted by molar-refractivity contribution is -0.115. The van der Waals surface area contributed by atoms with Crippen LogP contribution in [0.2, 0.25) is 24.7 Å². The lowest BCUT2D eigenvalue weighted by atomic mass is 10.3. The van der Waals surface area contributed by atoms with Crippen LogP contribution in [0.15, 0.2) is 35.8 Å². The van der Waals surface area contributed by atoms with E-state index < -0.39 is 8.32 Å². The number of halogens is 1. The molecule has 0 aliphatic carbocycles. The monoisotopic (exact) mass is 298 g/mol. The van der Waals surface area contributed by atoms with Crippen LogP contribution in [0.4, 0.5) is 0 Å². The normalized spacial score (nSPS) is 12.7. The Hall–Kier alpha value is -1.26. The van der Waals surface area contributed by atoms with Gasteiger partial charge in [0.15, 0.2) is 5.78 Å². The molecule has 0 saturated heterocycles. The lowest BCUT2D eigenvalue weighted by Gasteiger charge is -2.21. The third-order valence-corrected chi connectivity index (χ3v) is 3.30.